The zero-order valence-corrected chi connectivity index (χ0v) is 12.1. The molecular formula is C16H23N3. The first-order valence-electron chi connectivity index (χ1n) is 7.29. The normalized spacial score (nSPS) is 27.8. The molecule has 2 atom stereocenters. The van der Waals surface area contributed by atoms with Gasteiger partial charge in [0.05, 0.1) is 11.0 Å². The Hall–Kier alpha value is -1.51. The second-order valence-electron chi connectivity index (χ2n) is 6.35. The molecule has 1 fully saturated rings. The molecule has 0 spiro atoms. The van der Waals surface area contributed by atoms with Gasteiger partial charge in [0.15, 0.2) is 0 Å². The first-order chi connectivity index (χ1) is 9.06. The van der Waals surface area contributed by atoms with E-state index in [9.17, 15) is 0 Å². The molecule has 3 rings (SSSR count). The molecule has 19 heavy (non-hydrogen) atoms. The summed E-state index contributed by atoms with van der Waals surface area (Å²) in [5, 5.41) is 0. The summed E-state index contributed by atoms with van der Waals surface area (Å²) < 4.78 is 2.29. The molecule has 0 bridgehead atoms. The number of aromatic nitrogens is 2. The summed E-state index contributed by atoms with van der Waals surface area (Å²) in [6, 6.07) is 6.77. The Bertz CT molecular complexity index is 589. The predicted octanol–water partition coefficient (Wildman–Crippen LogP) is 3.92. The molecule has 3 nitrogen and oxygen atoms in total. The maximum atomic E-state index is 6.20. The van der Waals surface area contributed by atoms with E-state index >= 15 is 0 Å². The number of imidazole rings is 1. The lowest BCUT2D eigenvalue weighted by atomic mass is 9.80. The molecule has 0 aliphatic heterocycles. The van der Waals surface area contributed by atoms with Gasteiger partial charge in [0.25, 0.3) is 0 Å². The van der Waals surface area contributed by atoms with Crippen LogP contribution in [-0.2, 0) is 0 Å². The Morgan fingerprint density at radius 2 is 1.84 bits per heavy atom. The zero-order valence-electron chi connectivity index (χ0n) is 12.1. The van der Waals surface area contributed by atoms with Gasteiger partial charge in [-0.1, -0.05) is 26.0 Å². The number of benzene rings is 1. The van der Waals surface area contributed by atoms with E-state index in [-0.39, 0.29) is 0 Å². The second kappa shape index (κ2) is 4.55. The number of nitrogens with zero attached hydrogens (tertiary/aromatic N) is 2. The van der Waals surface area contributed by atoms with Gasteiger partial charge in [0, 0.05) is 6.04 Å². The molecule has 1 aliphatic carbocycles. The number of hydrogen-bond donors (Lipinski definition) is 1. The smallest absolute Gasteiger partial charge is 0.201 e. The Morgan fingerprint density at radius 1 is 1.16 bits per heavy atom. The standard InChI is InChI=1S/C16H23N3/c1-10-7-11(2)9-13(8-10)19-15-12(3)5-4-6-14(15)18-16(19)17/h4-6,10-11,13H,7-9H2,1-3H3,(H2,17,18). The molecule has 3 heteroatoms. The van der Waals surface area contributed by atoms with Gasteiger partial charge in [-0.2, -0.15) is 0 Å². The first-order valence-corrected chi connectivity index (χ1v) is 7.29. The van der Waals surface area contributed by atoms with Crippen LogP contribution in [-0.4, -0.2) is 9.55 Å². The Labute approximate surface area is 114 Å². The highest BCUT2D eigenvalue weighted by molar-refractivity contribution is 5.81. The summed E-state index contributed by atoms with van der Waals surface area (Å²) in [5.41, 5.74) is 9.73. The third-order valence-electron chi connectivity index (χ3n) is 4.46. The molecule has 0 amide bonds. The highest BCUT2D eigenvalue weighted by Gasteiger charge is 2.27. The van der Waals surface area contributed by atoms with E-state index < -0.39 is 0 Å². The molecule has 1 heterocycles. The minimum atomic E-state index is 0.504. The molecule has 2 N–H and O–H groups in total. The number of nitrogen functional groups attached to an aromatic ring is 1. The topological polar surface area (TPSA) is 43.8 Å². The molecular weight excluding hydrogens is 234 g/mol. The fraction of sp³-hybridized carbons (Fsp3) is 0.562. The number of rotatable bonds is 1. The second-order valence-corrected chi connectivity index (χ2v) is 6.35. The molecule has 1 saturated carbocycles. The number of hydrogen-bond acceptors (Lipinski definition) is 2. The fourth-order valence-electron chi connectivity index (χ4n) is 3.82. The molecule has 1 aliphatic rings. The monoisotopic (exact) mass is 257 g/mol. The molecule has 2 unspecified atom stereocenters. The molecule has 0 radical (unpaired) electrons. The van der Waals surface area contributed by atoms with Crippen molar-refractivity contribution < 1.29 is 0 Å². The Kier molecular flexibility index (Phi) is 3.00. The van der Waals surface area contributed by atoms with Crippen molar-refractivity contribution in [2.24, 2.45) is 11.8 Å². The lowest BCUT2D eigenvalue weighted by Gasteiger charge is -2.33. The van der Waals surface area contributed by atoms with Gasteiger partial charge < -0.3 is 10.3 Å². The fourth-order valence-corrected chi connectivity index (χ4v) is 3.82. The van der Waals surface area contributed by atoms with Crippen LogP contribution < -0.4 is 5.73 Å². The van der Waals surface area contributed by atoms with Crippen LogP contribution in [0.4, 0.5) is 5.95 Å². The highest BCUT2D eigenvalue weighted by atomic mass is 15.2. The van der Waals surface area contributed by atoms with Gasteiger partial charge in [-0.05, 0) is 49.7 Å². The van der Waals surface area contributed by atoms with Crippen molar-refractivity contribution in [1.82, 2.24) is 9.55 Å². The maximum Gasteiger partial charge on any atom is 0.201 e. The summed E-state index contributed by atoms with van der Waals surface area (Å²) in [7, 11) is 0. The van der Waals surface area contributed by atoms with E-state index in [1.807, 2.05) is 0 Å². The van der Waals surface area contributed by atoms with E-state index in [0.717, 1.165) is 17.4 Å². The molecule has 1 aromatic carbocycles. The lowest BCUT2D eigenvalue weighted by molar-refractivity contribution is 0.226. The van der Waals surface area contributed by atoms with Gasteiger partial charge in [-0.15, -0.1) is 0 Å². The van der Waals surface area contributed by atoms with Crippen molar-refractivity contribution >= 4 is 17.0 Å². The van der Waals surface area contributed by atoms with Gasteiger partial charge in [0.2, 0.25) is 5.95 Å². The van der Waals surface area contributed by atoms with E-state index in [2.05, 4.69) is 48.5 Å². The molecule has 102 valence electrons. The minimum Gasteiger partial charge on any atom is -0.369 e. The lowest BCUT2D eigenvalue weighted by Crippen LogP contribution is -2.23. The van der Waals surface area contributed by atoms with Crippen LogP contribution in [0, 0.1) is 18.8 Å². The van der Waals surface area contributed by atoms with Gasteiger partial charge >= 0.3 is 0 Å². The van der Waals surface area contributed by atoms with Gasteiger partial charge in [-0.3, -0.25) is 0 Å². The van der Waals surface area contributed by atoms with Crippen molar-refractivity contribution in [1.29, 1.82) is 0 Å². The zero-order chi connectivity index (χ0) is 13.6. The summed E-state index contributed by atoms with van der Waals surface area (Å²) in [4.78, 5) is 4.54. The van der Waals surface area contributed by atoms with Gasteiger partial charge in [0.1, 0.15) is 0 Å². The van der Waals surface area contributed by atoms with Crippen LogP contribution in [0.5, 0.6) is 0 Å². The number of fused-ring (bicyclic) bond motifs is 1. The van der Waals surface area contributed by atoms with Crippen LogP contribution in [0.3, 0.4) is 0 Å². The van der Waals surface area contributed by atoms with Crippen LogP contribution in [0.2, 0.25) is 0 Å². The third kappa shape index (κ3) is 2.11. The largest absolute Gasteiger partial charge is 0.369 e. The van der Waals surface area contributed by atoms with Crippen LogP contribution in [0.1, 0.15) is 44.7 Å². The summed E-state index contributed by atoms with van der Waals surface area (Å²) in [5.74, 6) is 2.22. The van der Waals surface area contributed by atoms with Crippen LogP contribution in [0.25, 0.3) is 11.0 Å². The highest BCUT2D eigenvalue weighted by Crippen LogP contribution is 2.39. The Balaban J connectivity index is 2.11. The number of aryl methyl sites for hydroxylation is 1. The van der Waals surface area contributed by atoms with Gasteiger partial charge in [-0.25, -0.2) is 4.98 Å². The summed E-state index contributed by atoms with van der Waals surface area (Å²) in [6.45, 7) is 6.85. The SMILES string of the molecule is Cc1cccc2nc(N)n(C3CC(C)CC(C)C3)c12. The summed E-state index contributed by atoms with van der Waals surface area (Å²) in [6.07, 6.45) is 3.77. The van der Waals surface area contributed by atoms with Crippen molar-refractivity contribution in [3.8, 4) is 0 Å². The molecule has 1 aromatic heterocycles. The maximum absolute atomic E-state index is 6.20. The van der Waals surface area contributed by atoms with Crippen LogP contribution in [0.15, 0.2) is 18.2 Å². The van der Waals surface area contributed by atoms with Crippen molar-refractivity contribution in [3.05, 3.63) is 23.8 Å². The van der Waals surface area contributed by atoms with Crippen molar-refractivity contribution in [2.45, 2.75) is 46.1 Å². The number of para-hydroxylation sites is 1. The summed E-state index contributed by atoms with van der Waals surface area (Å²) >= 11 is 0. The first kappa shape index (κ1) is 12.5. The van der Waals surface area contributed by atoms with E-state index in [1.165, 1.54) is 30.3 Å². The predicted molar refractivity (Wildman–Crippen MR) is 80.1 cm³/mol. The van der Waals surface area contributed by atoms with E-state index in [0.29, 0.717) is 12.0 Å². The van der Waals surface area contributed by atoms with Crippen molar-refractivity contribution in [2.75, 3.05) is 5.73 Å². The van der Waals surface area contributed by atoms with E-state index in [1.54, 1.807) is 0 Å². The number of nitrogens with two attached hydrogens (primary N) is 1. The third-order valence-corrected chi connectivity index (χ3v) is 4.46. The Morgan fingerprint density at radius 3 is 2.53 bits per heavy atom. The van der Waals surface area contributed by atoms with E-state index in [4.69, 9.17) is 5.73 Å². The molecule has 2 aromatic rings. The number of anilines is 1. The average Bonchev–Trinajstić information content (AvgIpc) is 2.65. The minimum absolute atomic E-state index is 0.504. The molecule has 0 saturated heterocycles. The van der Waals surface area contributed by atoms with Crippen molar-refractivity contribution in [3.63, 3.8) is 0 Å². The van der Waals surface area contributed by atoms with Crippen LogP contribution >= 0.6 is 0 Å². The quantitative estimate of drug-likeness (QED) is 0.841. The average molecular weight is 257 g/mol.